The molecule has 31 heavy (non-hydrogen) atoms. The summed E-state index contributed by atoms with van der Waals surface area (Å²) in [7, 11) is 0. The molecule has 0 spiro atoms. The molecule has 7 nitrogen and oxygen atoms in total. The fourth-order valence-electron chi connectivity index (χ4n) is 4.30. The van der Waals surface area contributed by atoms with Gasteiger partial charge in [-0.25, -0.2) is 4.79 Å². The molecule has 2 aliphatic rings. The standard InChI is InChI=1S/C23H33ClN4O3/c24-20-6-4-18(5-7-20)16-27-23(31)26-11-2-1-3-17-9-13-28(14-10-17)22(30)19-8-12-25-21(29)15-19/h4-7,17,19H,1-3,8-16H2,(H,25,29)(H2,26,27,31). The number of nitrogens with one attached hydrogen (secondary N) is 3. The van der Waals surface area contributed by atoms with Crippen LogP contribution in [0.15, 0.2) is 24.3 Å². The summed E-state index contributed by atoms with van der Waals surface area (Å²) in [6.45, 7) is 3.35. The maximum Gasteiger partial charge on any atom is 0.315 e. The molecule has 0 aliphatic carbocycles. The average molecular weight is 449 g/mol. The summed E-state index contributed by atoms with van der Waals surface area (Å²) in [4.78, 5) is 38.0. The van der Waals surface area contributed by atoms with Gasteiger partial charge in [0.05, 0.1) is 0 Å². The third kappa shape index (κ3) is 7.73. The summed E-state index contributed by atoms with van der Waals surface area (Å²) >= 11 is 5.86. The lowest BCUT2D eigenvalue weighted by Crippen LogP contribution is -2.46. The number of unbranched alkanes of at least 4 members (excludes halogenated alkanes) is 1. The van der Waals surface area contributed by atoms with Crippen LogP contribution in [0.1, 0.15) is 50.5 Å². The number of likely N-dealkylation sites (tertiary alicyclic amines) is 1. The van der Waals surface area contributed by atoms with Gasteiger partial charge in [-0.3, -0.25) is 9.59 Å². The zero-order valence-electron chi connectivity index (χ0n) is 18.0. The quantitative estimate of drug-likeness (QED) is 0.534. The molecule has 0 aromatic heterocycles. The number of carbonyl (C=O) groups excluding carboxylic acids is 3. The van der Waals surface area contributed by atoms with Crippen molar-refractivity contribution in [2.45, 2.75) is 51.5 Å². The van der Waals surface area contributed by atoms with Crippen molar-refractivity contribution in [1.29, 1.82) is 0 Å². The Balaban J connectivity index is 1.22. The summed E-state index contributed by atoms with van der Waals surface area (Å²) < 4.78 is 0. The third-order valence-corrected chi connectivity index (χ3v) is 6.47. The summed E-state index contributed by atoms with van der Waals surface area (Å²) in [5.41, 5.74) is 1.01. The van der Waals surface area contributed by atoms with Crippen LogP contribution < -0.4 is 16.0 Å². The van der Waals surface area contributed by atoms with Crippen LogP contribution in [0.2, 0.25) is 5.02 Å². The van der Waals surface area contributed by atoms with Gasteiger partial charge in [0, 0.05) is 50.1 Å². The first-order valence-corrected chi connectivity index (χ1v) is 11.7. The maximum absolute atomic E-state index is 12.6. The highest BCUT2D eigenvalue weighted by molar-refractivity contribution is 6.30. The van der Waals surface area contributed by atoms with Gasteiger partial charge in [0.1, 0.15) is 0 Å². The van der Waals surface area contributed by atoms with Gasteiger partial charge >= 0.3 is 6.03 Å². The predicted octanol–water partition coefficient (Wildman–Crippen LogP) is 3.07. The Kier molecular flexibility index (Phi) is 9.00. The van der Waals surface area contributed by atoms with Gasteiger partial charge < -0.3 is 20.9 Å². The van der Waals surface area contributed by atoms with E-state index < -0.39 is 0 Å². The highest BCUT2D eigenvalue weighted by atomic mass is 35.5. The van der Waals surface area contributed by atoms with E-state index in [1.54, 1.807) is 0 Å². The number of urea groups is 1. The van der Waals surface area contributed by atoms with Crippen LogP contribution in [0.5, 0.6) is 0 Å². The lowest BCUT2D eigenvalue weighted by atomic mass is 9.89. The van der Waals surface area contributed by atoms with E-state index in [0.717, 1.165) is 57.2 Å². The van der Waals surface area contributed by atoms with Gasteiger partial charge in [-0.15, -0.1) is 0 Å². The molecule has 1 aromatic carbocycles. The van der Waals surface area contributed by atoms with Crippen LogP contribution in [-0.2, 0) is 16.1 Å². The van der Waals surface area contributed by atoms with Crippen molar-refractivity contribution in [3.05, 3.63) is 34.9 Å². The number of carbonyl (C=O) groups is 3. The molecule has 2 saturated heterocycles. The lowest BCUT2D eigenvalue weighted by molar-refractivity contribution is -0.141. The first-order valence-electron chi connectivity index (χ1n) is 11.3. The smallest absolute Gasteiger partial charge is 0.315 e. The Hall–Kier alpha value is -2.28. The van der Waals surface area contributed by atoms with Crippen LogP contribution in [0.25, 0.3) is 0 Å². The number of hydrogen-bond donors (Lipinski definition) is 3. The highest BCUT2D eigenvalue weighted by Gasteiger charge is 2.31. The minimum Gasteiger partial charge on any atom is -0.356 e. The van der Waals surface area contributed by atoms with E-state index in [9.17, 15) is 14.4 Å². The molecular weight excluding hydrogens is 416 g/mol. The van der Waals surface area contributed by atoms with E-state index in [0.29, 0.717) is 37.0 Å². The Morgan fingerprint density at radius 3 is 2.52 bits per heavy atom. The molecule has 2 heterocycles. The lowest BCUT2D eigenvalue weighted by Gasteiger charge is -2.35. The second kappa shape index (κ2) is 11.9. The van der Waals surface area contributed by atoms with Gasteiger partial charge in [-0.1, -0.05) is 36.6 Å². The zero-order valence-corrected chi connectivity index (χ0v) is 18.8. The van der Waals surface area contributed by atoms with Crippen LogP contribution in [-0.4, -0.2) is 48.9 Å². The number of nitrogens with zero attached hydrogens (tertiary/aromatic N) is 1. The van der Waals surface area contributed by atoms with Crippen LogP contribution in [0, 0.1) is 11.8 Å². The predicted molar refractivity (Wildman–Crippen MR) is 121 cm³/mol. The van der Waals surface area contributed by atoms with Gasteiger partial charge in [0.25, 0.3) is 0 Å². The van der Waals surface area contributed by atoms with Crippen LogP contribution in [0.4, 0.5) is 4.79 Å². The number of halogens is 1. The van der Waals surface area contributed by atoms with Gasteiger partial charge in [0.2, 0.25) is 11.8 Å². The number of amides is 4. The van der Waals surface area contributed by atoms with Crippen LogP contribution >= 0.6 is 11.6 Å². The molecular formula is C23H33ClN4O3. The van der Waals surface area contributed by atoms with Crippen molar-refractivity contribution >= 4 is 29.4 Å². The average Bonchev–Trinajstić information content (AvgIpc) is 2.78. The molecule has 0 bridgehead atoms. The van der Waals surface area contributed by atoms with Crippen molar-refractivity contribution in [1.82, 2.24) is 20.9 Å². The van der Waals surface area contributed by atoms with E-state index in [4.69, 9.17) is 11.6 Å². The molecule has 3 rings (SSSR count). The first-order chi connectivity index (χ1) is 15.0. The van der Waals surface area contributed by atoms with Crippen molar-refractivity contribution in [3.8, 4) is 0 Å². The van der Waals surface area contributed by atoms with E-state index in [1.807, 2.05) is 29.2 Å². The molecule has 8 heteroatoms. The van der Waals surface area contributed by atoms with E-state index in [2.05, 4.69) is 16.0 Å². The van der Waals surface area contributed by atoms with Crippen molar-refractivity contribution < 1.29 is 14.4 Å². The van der Waals surface area contributed by atoms with Gasteiger partial charge in [-0.05, 0) is 49.3 Å². The topological polar surface area (TPSA) is 90.5 Å². The summed E-state index contributed by atoms with van der Waals surface area (Å²) in [5.74, 6) is 0.647. The molecule has 1 atom stereocenters. The molecule has 4 amide bonds. The third-order valence-electron chi connectivity index (χ3n) is 6.21. The normalized spacial score (nSPS) is 19.6. The second-order valence-corrected chi connectivity index (χ2v) is 8.98. The Morgan fingerprint density at radius 2 is 1.81 bits per heavy atom. The number of piperidine rings is 2. The highest BCUT2D eigenvalue weighted by Crippen LogP contribution is 2.25. The summed E-state index contributed by atoms with van der Waals surface area (Å²) in [5, 5.41) is 9.22. The Morgan fingerprint density at radius 1 is 1.06 bits per heavy atom. The molecule has 0 saturated carbocycles. The van der Waals surface area contributed by atoms with E-state index in [1.165, 1.54) is 0 Å². The van der Waals surface area contributed by atoms with Crippen LogP contribution in [0.3, 0.4) is 0 Å². The fourth-order valence-corrected chi connectivity index (χ4v) is 4.43. The molecule has 2 aliphatic heterocycles. The molecule has 1 unspecified atom stereocenters. The maximum atomic E-state index is 12.6. The van der Waals surface area contributed by atoms with E-state index >= 15 is 0 Å². The molecule has 170 valence electrons. The van der Waals surface area contributed by atoms with Crippen molar-refractivity contribution in [2.75, 3.05) is 26.2 Å². The second-order valence-electron chi connectivity index (χ2n) is 8.54. The number of benzene rings is 1. The first kappa shape index (κ1) is 23.4. The summed E-state index contributed by atoms with van der Waals surface area (Å²) in [6, 6.07) is 7.26. The molecule has 3 N–H and O–H groups in total. The van der Waals surface area contributed by atoms with E-state index in [-0.39, 0.29) is 23.8 Å². The molecule has 2 fully saturated rings. The van der Waals surface area contributed by atoms with Gasteiger partial charge in [-0.2, -0.15) is 0 Å². The zero-order chi connectivity index (χ0) is 22.1. The Bertz CT molecular complexity index is 748. The SMILES string of the molecule is O=C1CC(C(=O)N2CCC(CCCCNC(=O)NCc3ccc(Cl)cc3)CC2)CCN1. The summed E-state index contributed by atoms with van der Waals surface area (Å²) in [6.07, 6.45) is 6.29. The minimum absolute atomic E-state index is 0.00763. The molecule has 0 radical (unpaired) electrons. The van der Waals surface area contributed by atoms with Gasteiger partial charge in [0.15, 0.2) is 0 Å². The number of rotatable bonds is 8. The molecule has 1 aromatic rings. The largest absolute Gasteiger partial charge is 0.356 e. The monoisotopic (exact) mass is 448 g/mol. The van der Waals surface area contributed by atoms with Crippen molar-refractivity contribution in [2.24, 2.45) is 11.8 Å². The Labute approximate surface area is 189 Å². The fraction of sp³-hybridized carbons (Fsp3) is 0.609. The number of hydrogen-bond acceptors (Lipinski definition) is 3. The minimum atomic E-state index is -0.154. The van der Waals surface area contributed by atoms with Crippen molar-refractivity contribution in [3.63, 3.8) is 0 Å².